The highest BCUT2D eigenvalue weighted by Gasteiger charge is 2.28. The molecule has 0 saturated carbocycles. The molecule has 0 radical (unpaired) electrons. The van der Waals surface area contributed by atoms with Crippen LogP contribution in [0.25, 0.3) is 0 Å². The van der Waals surface area contributed by atoms with Crippen LogP contribution in [0.1, 0.15) is 38.9 Å². The largest absolute Gasteiger partial charge is 0.444 e. The number of rotatable bonds is 5. The van der Waals surface area contributed by atoms with Crippen LogP contribution >= 0.6 is 24.0 Å². The van der Waals surface area contributed by atoms with E-state index in [1.165, 1.54) is 0 Å². The van der Waals surface area contributed by atoms with Gasteiger partial charge in [-0.15, -0.1) is 24.0 Å². The molecule has 7 nitrogen and oxygen atoms in total. The van der Waals surface area contributed by atoms with Gasteiger partial charge in [-0.05, 0) is 32.8 Å². The highest BCUT2D eigenvalue weighted by Crippen LogP contribution is 2.16. The summed E-state index contributed by atoms with van der Waals surface area (Å²) in [6, 6.07) is 10.1. The van der Waals surface area contributed by atoms with Gasteiger partial charge in [-0.3, -0.25) is 4.99 Å². The number of nitrogens with one attached hydrogen (secondary N) is 2. The third kappa shape index (κ3) is 7.83. The van der Waals surface area contributed by atoms with Gasteiger partial charge in [-0.2, -0.15) is 0 Å². The van der Waals surface area contributed by atoms with Gasteiger partial charge in [0.15, 0.2) is 5.96 Å². The predicted octanol–water partition coefficient (Wildman–Crippen LogP) is 3.17. The van der Waals surface area contributed by atoms with Crippen molar-refractivity contribution in [3.8, 4) is 0 Å². The van der Waals surface area contributed by atoms with Crippen molar-refractivity contribution in [1.29, 1.82) is 0 Å². The van der Waals surface area contributed by atoms with Crippen molar-refractivity contribution in [3.63, 3.8) is 0 Å². The quantitative estimate of drug-likeness (QED) is 0.366. The first kappa shape index (κ1) is 24.5. The van der Waals surface area contributed by atoms with E-state index < -0.39 is 5.60 Å². The van der Waals surface area contributed by atoms with Crippen molar-refractivity contribution >= 4 is 36.0 Å². The van der Waals surface area contributed by atoms with Gasteiger partial charge in [0.25, 0.3) is 0 Å². The lowest BCUT2D eigenvalue weighted by atomic mass is 10.1. The van der Waals surface area contributed by atoms with Crippen LogP contribution in [0.15, 0.2) is 35.3 Å². The van der Waals surface area contributed by atoms with Gasteiger partial charge in [-0.1, -0.05) is 30.3 Å². The van der Waals surface area contributed by atoms with Crippen LogP contribution in [0.2, 0.25) is 0 Å². The first-order valence-corrected chi connectivity index (χ1v) is 9.35. The van der Waals surface area contributed by atoms with E-state index in [4.69, 9.17) is 9.47 Å². The van der Waals surface area contributed by atoms with E-state index in [1.54, 1.807) is 14.2 Å². The summed E-state index contributed by atoms with van der Waals surface area (Å²) in [7, 11) is 3.47. The molecular weight excluding hydrogens is 471 g/mol. The molecular formula is C20H33IN4O3. The van der Waals surface area contributed by atoms with E-state index >= 15 is 0 Å². The third-order valence-electron chi connectivity index (χ3n) is 4.32. The zero-order valence-electron chi connectivity index (χ0n) is 17.4. The van der Waals surface area contributed by atoms with Gasteiger partial charge < -0.3 is 25.0 Å². The minimum atomic E-state index is -0.493. The number of amides is 1. The summed E-state index contributed by atoms with van der Waals surface area (Å²) in [6.07, 6.45) is 0.425. The summed E-state index contributed by atoms with van der Waals surface area (Å²) in [5, 5.41) is 6.32. The maximum absolute atomic E-state index is 12.0. The lowest BCUT2D eigenvalue weighted by Gasteiger charge is -2.25. The molecule has 1 aromatic carbocycles. The van der Waals surface area contributed by atoms with Crippen molar-refractivity contribution in [2.75, 3.05) is 33.8 Å². The van der Waals surface area contributed by atoms with E-state index in [9.17, 15) is 4.79 Å². The lowest BCUT2D eigenvalue weighted by molar-refractivity contribution is 0.0507. The number of nitrogens with zero attached hydrogens (tertiary/aromatic N) is 2. The Kier molecular flexibility index (Phi) is 10.0. The standard InChI is InChI=1S/C20H32N4O3.HI/c1-20(2,3)27-19(25)23-16-11-12-24(14-16)18(21-4)22-13-17(26-5)15-9-7-6-8-10-15;/h6-10,16-17H,11-14H2,1-5H3,(H,21,22)(H,23,25);1H. The van der Waals surface area contributed by atoms with Crippen molar-refractivity contribution in [1.82, 2.24) is 15.5 Å². The number of hydrogen-bond donors (Lipinski definition) is 2. The number of likely N-dealkylation sites (tertiary alicyclic amines) is 1. The summed E-state index contributed by atoms with van der Waals surface area (Å²) >= 11 is 0. The topological polar surface area (TPSA) is 75.2 Å². The van der Waals surface area contributed by atoms with Crippen LogP contribution in [0.5, 0.6) is 0 Å². The highest BCUT2D eigenvalue weighted by molar-refractivity contribution is 14.0. The number of ether oxygens (including phenoxy) is 2. The zero-order valence-corrected chi connectivity index (χ0v) is 19.7. The number of halogens is 1. The molecule has 1 fully saturated rings. The Morgan fingerprint density at radius 1 is 1.32 bits per heavy atom. The molecule has 2 atom stereocenters. The summed E-state index contributed by atoms with van der Waals surface area (Å²) in [5.74, 6) is 0.807. The Balaban J connectivity index is 0.00000392. The maximum atomic E-state index is 12.0. The Bertz CT molecular complexity index is 634. The second-order valence-corrected chi connectivity index (χ2v) is 7.64. The maximum Gasteiger partial charge on any atom is 0.407 e. The monoisotopic (exact) mass is 504 g/mol. The van der Waals surface area contributed by atoms with E-state index in [0.29, 0.717) is 13.1 Å². The molecule has 158 valence electrons. The third-order valence-corrected chi connectivity index (χ3v) is 4.32. The fraction of sp³-hybridized carbons (Fsp3) is 0.600. The Labute approximate surface area is 185 Å². The molecule has 8 heteroatoms. The number of methoxy groups -OCH3 is 1. The van der Waals surface area contributed by atoms with Crippen molar-refractivity contribution in [3.05, 3.63) is 35.9 Å². The van der Waals surface area contributed by atoms with Gasteiger partial charge in [0, 0.05) is 33.8 Å². The Morgan fingerprint density at radius 3 is 2.57 bits per heavy atom. The summed E-state index contributed by atoms with van der Waals surface area (Å²) < 4.78 is 10.9. The van der Waals surface area contributed by atoms with Gasteiger partial charge in [0.2, 0.25) is 0 Å². The van der Waals surface area contributed by atoms with Crippen molar-refractivity contribution < 1.29 is 14.3 Å². The van der Waals surface area contributed by atoms with Crippen LogP contribution < -0.4 is 10.6 Å². The fourth-order valence-electron chi connectivity index (χ4n) is 3.07. The second kappa shape index (κ2) is 11.5. The molecule has 0 bridgehead atoms. The average Bonchev–Trinajstić information content (AvgIpc) is 3.06. The Morgan fingerprint density at radius 2 is 2.00 bits per heavy atom. The molecule has 1 aliphatic heterocycles. The summed E-state index contributed by atoms with van der Waals surface area (Å²) in [4.78, 5) is 18.5. The van der Waals surface area contributed by atoms with Crippen molar-refractivity contribution in [2.45, 2.75) is 44.9 Å². The molecule has 1 heterocycles. The molecule has 1 aliphatic rings. The van der Waals surface area contributed by atoms with Crippen LogP contribution in [-0.2, 0) is 9.47 Å². The van der Waals surface area contributed by atoms with E-state index in [1.807, 2.05) is 39.0 Å². The fourth-order valence-corrected chi connectivity index (χ4v) is 3.07. The number of alkyl carbamates (subject to hydrolysis) is 1. The van der Waals surface area contributed by atoms with E-state index in [2.05, 4.69) is 32.7 Å². The van der Waals surface area contributed by atoms with Gasteiger partial charge in [-0.25, -0.2) is 4.79 Å². The van der Waals surface area contributed by atoms with Crippen LogP contribution in [-0.4, -0.2) is 62.4 Å². The molecule has 28 heavy (non-hydrogen) atoms. The van der Waals surface area contributed by atoms with Gasteiger partial charge in [0.05, 0.1) is 12.1 Å². The molecule has 1 saturated heterocycles. The Hall–Kier alpha value is -1.55. The molecule has 1 amide bonds. The molecule has 0 spiro atoms. The minimum Gasteiger partial charge on any atom is -0.444 e. The number of guanidine groups is 1. The molecule has 2 rings (SSSR count). The molecule has 0 aliphatic carbocycles. The molecule has 0 aromatic heterocycles. The van der Waals surface area contributed by atoms with Crippen LogP contribution in [0, 0.1) is 0 Å². The number of hydrogen-bond acceptors (Lipinski definition) is 4. The van der Waals surface area contributed by atoms with Gasteiger partial charge in [0.1, 0.15) is 5.60 Å². The average molecular weight is 504 g/mol. The minimum absolute atomic E-state index is 0. The number of carbonyl (C=O) groups excluding carboxylic acids is 1. The molecule has 2 N–H and O–H groups in total. The molecule has 1 aromatic rings. The lowest BCUT2D eigenvalue weighted by Crippen LogP contribution is -2.45. The highest BCUT2D eigenvalue weighted by atomic mass is 127. The number of aliphatic imine (C=N–C) groups is 1. The van der Waals surface area contributed by atoms with E-state index in [-0.39, 0.29) is 42.2 Å². The normalized spacial score (nSPS) is 18.2. The summed E-state index contributed by atoms with van der Waals surface area (Å²) in [6.45, 7) is 7.72. The number of benzene rings is 1. The van der Waals surface area contributed by atoms with Crippen molar-refractivity contribution in [2.24, 2.45) is 4.99 Å². The number of carbonyl (C=O) groups is 1. The SMILES string of the molecule is CN=C(NCC(OC)c1ccccc1)N1CCC(NC(=O)OC(C)(C)C)C1.I. The first-order valence-electron chi connectivity index (χ1n) is 9.35. The van der Waals surface area contributed by atoms with Gasteiger partial charge >= 0.3 is 6.09 Å². The molecule has 2 unspecified atom stereocenters. The zero-order chi connectivity index (χ0) is 19.9. The van der Waals surface area contributed by atoms with Crippen LogP contribution in [0.4, 0.5) is 4.79 Å². The summed E-state index contributed by atoms with van der Waals surface area (Å²) in [5.41, 5.74) is 0.626. The van der Waals surface area contributed by atoms with E-state index in [0.717, 1.165) is 24.5 Å². The van der Waals surface area contributed by atoms with Crippen LogP contribution in [0.3, 0.4) is 0 Å². The smallest absolute Gasteiger partial charge is 0.407 e. The second-order valence-electron chi connectivity index (χ2n) is 7.64. The predicted molar refractivity (Wildman–Crippen MR) is 122 cm³/mol. The first-order chi connectivity index (χ1) is 12.8.